The molecule has 1 aromatic heterocycles. The van der Waals surface area contributed by atoms with Gasteiger partial charge < -0.3 is 14.7 Å². The number of carbonyl (C=O) groups is 2. The van der Waals surface area contributed by atoms with Crippen molar-refractivity contribution in [2.75, 3.05) is 39.8 Å². The van der Waals surface area contributed by atoms with Crippen LogP contribution in [0.4, 0.5) is 13.2 Å². The molecule has 2 saturated heterocycles. The lowest BCUT2D eigenvalue weighted by Crippen LogP contribution is -2.43. The van der Waals surface area contributed by atoms with Gasteiger partial charge in [-0.25, -0.2) is 13.8 Å². The molecule has 0 spiro atoms. The summed E-state index contributed by atoms with van der Waals surface area (Å²) >= 11 is 0. The number of nitrogens with zero attached hydrogens (tertiary/aromatic N) is 4. The summed E-state index contributed by atoms with van der Waals surface area (Å²) in [5.74, 6) is -2.56. The summed E-state index contributed by atoms with van der Waals surface area (Å²) in [6.45, 7) is 3.56. The molecule has 1 atom stereocenters. The van der Waals surface area contributed by atoms with Crippen molar-refractivity contribution < 1.29 is 22.8 Å². The van der Waals surface area contributed by atoms with E-state index in [0.717, 1.165) is 56.6 Å². The van der Waals surface area contributed by atoms with Crippen LogP contribution in [0.25, 0.3) is 0 Å². The highest BCUT2D eigenvalue weighted by atomic mass is 19.2. The third-order valence-corrected chi connectivity index (χ3v) is 7.07. The maximum absolute atomic E-state index is 13.9. The molecule has 35 heavy (non-hydrogen) atoms. The van der Waals surface area contributed by atoms with Gasteiger partial charge in [-0.15, -0.1) is 0 Å². The topological polar surface area (TPSA) is 56.8 Å². The van der Waals surface area contributed by atoms with Gasteiger partial charge in [-0.2, -0.15) is 4.39 Å². The predicted octanol–water partition coefficient (Wildman–Crippen LogP) is 3.89. The minimum atomic E-state index is -1.03. The molecule has 2 aliphatic rings. The molecule has 6 nitrogen and oxygen atoms in total. The van der Waals surface area contributed by atoms with Gasteiger partial charge in [0.25, 0.3) is 0 Å². The van der Waals surface area contributed by atoms with Crippen LogP contribution in [0, 0.1) is 17.6 Å². The zero-order chi connectivity index (χ0) is 24.9. The fourth-order valence-corrected chi connectivity index (χ4v) is 5.05. The van der Waals surface area contributed by atoms with Crippen LogP contribution >= 0.6 is 0 Å². The van der Waals surface area contributed by atoms with Crippen molar-refractivity contribution in [1.29, 1.82) is 0 Å². The summed E-state index contributed by atoms with van der Waals surface area (Å²) in [7, 11) is 1.68. The van der Waals surface area contributed by atoms with E-state index in [1.807, 2.05) is 0 Å². The van der Waals surface area contributed by atoms with E-state index in [0.29, 0.717) is 31.8 Å². The zero-order valence-corrected chi connectivity index (χ0v) is 19.9. The Bertz CT molecular complexity index is 1040. The number of likely N-dealkylation sites (N-methyl/N-ethyl adjacent to an activating group) is 1. The van der Waals surface area contributed by atoms with E-state index in [1.165, 1.54) is 17.0 Å². The highest BCUT2D eigenvalue weighted by molar-refractivity contribution is 5.89. The molecule has 2 aliphatic heterocycles. The van der Waals surface area contributed by atoms with Crippen LogP contribution in [0.15, 0.2) is 36.5 Å². The first-order valence-electron chi connectivity index (χ1n) is 12.2. The fourth-order valence-electron chi connectivity index (χ4n) is 5.05. The first kappa shape index (κ1) is 25.2. The lowest BCUT2D eigenvalue weighted by Gasteiger charge is -2.33. The number of hydrogen-bond acceptors (Lipinski definition) is 4. The Hall–Kier alpha value is -2.94. The third kappa shape index (κ3) is 6.01. The van der Waals surface area contributed by atoms with Gasteiger partial charge in [0.15, 0.2) is 11.6 Å². The number of carbonyl (C=O) groups excluding carboxylic acids is 2. The largest absolute Gasteiger partial charge is 0.344 e. The molecular formula is C26H31F3N4O2. The molecule has 1 aromatic carbocycles. The van der Waals surface area contributed by atoms with Crippen molar-refractivity contribution in [1.82, 2.24) is 19.7 Å². The molecule has 2 amide bonds. The highest BCUT2D eigenvalue weighted by Crippen LogP contribution is 2.30. The van der Waals surface area contributed by atoms with Crippen LogP contribution < -0.4 is 0 Å². The Morgan fingerprint density at radius 1 is 1.11 bits per heavy atom. The summed E-state index contributed by atoms with van der Waals surface area (Å²) in [4.78, 5) is 34.9. The van der Waals surface area contributed by atoms with Crippen LogP contribution in [-0.4, -0.2) is 71.3 Å². The lowest BCUT2D eigenvalue weighted by molar-refractivity contribution is -0.143. The molecule has 1 unspecified atom stereocenters. The SMILES string of the molecule is CN(CCCN1CCC(c2ccc(F)nc2)CC1)C(=O)C(c1ccc(F)c(F)c1)N1CCCC1=O. The first-order valence-corrected chi connectivity index (χ1v) is 12.2. The smallest absolute Gasteiger partial charge is 0.249 e. The average Bonchev–Trinajstić information content (AvgIpc) is 3.27. The molecule has 188 valence electrons. The maximum atomic E-state index is 13.9. The quantitative estimate of drug-likeness (QED) is 0.529. The second-order valence-corrected chi connectivity index (χ2v) is 9.41. The minimum absolute atomic E-state index is 0.152. The average molecular weight is 489 g/mol. The maximum Gasteiger partial charge on any atom is 0.249 e. The standard InChI is InChI=1S/C26H31F3N4O2/c1-31(11-3-12-32-14-9-18(10-15-32)20-6-8-23(29)30-17-20)26(35)25(33-13-2-4-24(33)34)19-5-7-21(27)22(28)16-19/h5-8,16-18,25H,2-4,9-15H2,1H3. The molecule has 9 heteroatoms. The van der Waals surface area contributed by atoms with E-state index in [9.17, 15) is 22.8 Å². The summed E-state index contributed by atoms with van der Waals surface area (Å²) in [5, 5.41) is 0. The number of likely N-dealkylation sites (tertiary alicyclic amines) is 2. The van der Waals surface area contributed by atoms with Gasteiger partial charge >= 0.3 is 0 Å². The van der Waals surface area contributed by atoms with E-state index < -0.39 is 23.6 Å². The second-order valence-electron chi connectivity index (χ2n) is 9.41. The molecule has 0 radical (unpaired) electrons. The van der Waals surface area contributed by atoms with Crippen molar-refractivity contribution in [3.05, 3.63) is 65.2 Å². The molecule has 2 aromatic rings. The number of piperidine rings is 1. The van der Waals surface area contributed by atoms with Crippen molar-refractivity contribution in [2.24, 2.45) is 0 Å². The normalized spacial score (nSPS) is 18.2. The predicted molar refractivity (Wildman–Crippen MR) is 125 cm³/mol. The molecule has 0 N–H and O–H groups in total. The van der Waals surface area contributed by atoms with Gasteiger partial charge in [0.2, 0.25) is 17.8 Å². The summed E-state index contributed by atoms with van der Waals surface area (Å²) in [6.07, 6.45) is 5.30. The Labute approximate surface area is 203 Å². The zero-order valence-electron chi connectivity index (χ0n) is 19.9. The number of hydrogen-bond donors (Lipinski definition) is 0. The van der Waals surface area contributed by atoms with Crippen LogP contribution in [0.3, 0.4) is 0 Å². The summed E-state index contributed by atoms with van der Waals surface area (Å²) < 4.78 is 40.5. The molecule has 2 fully saturated rings. The van der Waals surface area contributed by atoms with Crippen molar-refractivity contribution >= 4 is 11.8 Å². The molecule has 0 aliphatic carbocycles. The van der Waals surface area contributed by atoms with Crippen LogP contribution in [0.5, 0.6) is 0 Å². The van der Waals surface area contributed by atoms with Crippen molar-refractivity contribution in [3.63, 3.8) is 0 Å². The Morgan fingerprint density at radius 2 is 1.89 bits per heavy atom. The fraction of sp³-hybridized carbons (Fsp3) is 0.500. The number of amides is 2. The highest BCUT2D eigenvalue weighted by Gasteiger charge is 2.36. The van der Waals surface area contributed by atoms with Crippen molar-refractivity contribution in [2.45, 2.75) is 44.1 Å². The minimum Gasteiger partial charge on any atom is -0.344 e. The third-order valence-electron chi connectivity index (χ3n) is 7.07. The molecule has 0 saturated carbocycles. The van der Waals surface area contributed by atoms with E-state index in [4.69, 9.17) is 0 Å². The number of benzene rings is 1. The molecular weight excluding hydrogens is 457 g/mol. The van der Waals surface area contributed by atoms with Crippen molar-refractivity contribution in [3.8, 4) is 0 Å². The van der Waals surface area contributed by atoms with E-state index in [2.05, 4.69) is 9.88 Å². The second kappa shape index (κ2) is 11.2. The molecule has 3 heterocycles. The number of halogens is 3. The Balaban J connectivity index is 1.31. The Morgan fingerprint density at radius 3 is 2.51 bits per heavy atom. The summed E-state index contributed by atoms with van der Waals surface area (Å²) in [5.41, 5.74) is 1.35. The number of pyridine rings is 1. The number of aromatic nitrogens is 1. The molecule has 0 bridgehead atoms. The summed E-state index contributed by atoms with van der Waals surface area (Å²) in [6, 6.07) is 5.64. The van der Waals surface area contributed by atoms with Crippen LogP contribution in [0.1, 0.15) is 55.2 Å². The lowest BCUT2D eigenvalue weighted by atomic mass is 9.90. The van der Waals surface area contributed by atoms with Gasteiger partial charge in [-0.1, -0.05) is 12.1 Å². The first-order chi connectivity index (χ1) is 16.8. The van der Waals surface area contributed by atoms with E-state index in [-0.39, 0.29) is 17.4 Å². The monoisotopic (exact) mass is 488 g/mol. The van der Waals surface area contributed by atoms with Gasteiger partial charge in [0.1, 0.15) is 6.04 Å². The number of rotatable bonds is 8. The Kier molecular flexibility index (Phi) is 8.05. The van der Waals surface area contributed by atoms with Crippen LogP contribution in [-0.2, 0) is 9.59 Å². The van der Waals surface area contributed by atoms with Crippen LogP contribution in [0.2, 0.25) is 0 Å². The van der Waals surface area contributed by atoms with Gasteiger partial charge in [0.05, 0.1) is 0 Å². The van der Waals surface area contributed by atoms with Gasteiger partial charge in [0, 0.05) is 32.8 Å². The molecule has 4 rings (SSSR count). The van der Waals surface area contributed by atoms with E-state index in [1.54, 1.807) is 24.2 Å². The van der Waals surface area contributed by atoms with Gasteiger partial charge in [-0.3, -0.25) is 9.59 Å². The van der Waals surface area contributed by atoms with E-state index >= 15 is 0 Å². The van der Waals surface area contributed by atoms with Gasteiger partial charge in [-0.05, 0) is 80.6 Å².